The lowest BCUT2D eigenvalue weighted by Crippen LogP contribution is -2.23. The molecule has 1 N–H and O–H groups in total. The summed E-state index contributed by atoms with van der Waals surface area (Å²) in [6, 6.07) is 0. The van der Waals surface area contributed by atoms with E-state index in [4.69, 9.17) is 0 Å². The van der Waals surface area contributed by atoms with Gasteiger partial charge in [0.1, 0.15) is 5.82 Å². The predicted octanol–water partition coefficient (Wildman–Crippen LogP) is 2.70. The van der Waals surface area contributed by atoms with Crippen LogP contribution in [0.5, 0.6) is 0 Å². The molecule has 18 heavy (non-hydrogen) atoms. The minimum Gasteiger partial charge on any atom is -0.316 e. The summed E-state index contributed by atoms with van der Waals surface area (Å²) in [5, 5.41) is 3.49. The fourth-order valence-corrected chi connectivity index (χ4v) is 2.19. The molecule has 0 aromatic carbocycles. The molecule has 102 valence electrons. The molecule has 0 amide bonds. The maximum absolute atomic E-state index is 4.58. The summed E-state index contributed by atoms with van der Waals surface area (Å²) in [7, 11) is 0. The molecule has 1 heterocycles. The van der Waals surface area contributed by atoms with E-state index in [2.05, 4.69) is 43.0 Å². The summed E-state index contributed by atoms with van der Waals surface area (Å²) in [5.74, 6) is 1.61. The van der Waals surface area contributed by atoms with Crippen molar-refractivity contribution in [1.29, 1.82) is 0 Å². The molecule has 1 aromatic heterocycles. The van der Waals surface area contributed by atoms with E-state index in [1.165, 1.54) is 17.0 Å². The minimum absolute atomic E-state index is 0.704. The molecule has 3 nitrogen and oxygen atoms in total. The highest BCUT2D eigenvalue weighted by atomic mass is 14.9. The average Bonchev–Trinajstić information content (AvgIpc) is 2.34. The fourth-order valence-electron chi connectivity index (χ4n) is 2.19. The van der Waals surface area contributed by atoms with E-state index in [9.17, 15) is 0 Å². The van der Waals surface area contributed by atoms with Gasteiger partial charge in [0.15, 0.2) is 0 Å². The monoisotopic (exact) mass is 249 g/mol. The van der Waals surface area contributed by atoms with Crippen LogP contribution in [0.4, 0.5) is 0 Å². The van der Waals surface area contributed by atoms with Crippen LogP contribution in [-0.4, -0.2) is 23.1 Å². The van der Waals surface area contributed by atoms with Crippen molar-refractivity contribution in [1.82, 2.24) is 15.3 Å². The van der Waals surface area contributed by atoms with Crippen molar-refractivity contribution in [2.75, 3.05) is 13.1 Å². The molecule has 0 fully saturated rings. The van der Waals surface area contributed by atoms with Crippen LogP contribution in [0.2, 0.25) is 0 Å². The van der Waals surface area contributed by atoms with Gasteiger partial charge in [-0.2, -0.15) is 0 Å². The SMILES string of the molecule is CCc1nc(C)nc(CC)c1CCNCC(C)C. The van der Waals surface area contributed by atoms with Gasteiger partial charge in [-0.05, 0) is 50.8 Å². The second-order valence-electron chi connectivity index (χ2n) is 5.20. The van der Waals surface area contributed by atoms with Crippen LogP contribution < -0.4 is 5.32 Å². The van der Waals surface area contributed by atoms with Gasteiger partial charge in [0, 0.05) is 11.4 Å². The lowest BCUT2D eigenvalue weighted by Gasteiger charge is -2.13. The number of aryl methyl sites for hydroxylation is 3. The largest absolute Gasteiger partial charge is 0.316 e. The first-order chi connectivity index (χ1) is 8.58. The maximum atomic E-state index is 4.58. The van der Waals surface area contributed by atoms with Gasteiger partial charge in [-0.1, -0.05) is 27.7 Å². The number of hydrogen-bond donors (Lipinski definition) is 1. The summed E-state index contributed by atoms with van der Waals surface area (Å²) >= 11 is 0. The molecule has 0 aliphatic rings. The van der Waals surface area contributed by atoms with Gasteiger partial charge in [0.05, 0.1) is 0 Å². The van der Waals surface area contributed by atoms with Crippen molar-refractivity contribution in [3.8, 4) is 0 Å². The fraction of sp³-hybridized carbons (Fsp3) is 0.733. The molecular weight excluding hydrogens is 222 g/mol. The Hall–Kier alpha value is -0.960. The minimum atomic E-state index is 0.704. The Bertz CT molecular complexity index is 347. The Morgan fingerprint density at radius 1 is 1.06 bits per heavy atom. The topological polar surface area (TPSA) is 37.8 Å². The Labute approximate surface area is 111 Å². The first kappa shape index (κ1) is 15.1. The number of nitrogens with one attached hydrogen (secondary N) is 1. The van der Waals surface area contributed by atoms with Crippen molar-refractivity contribution >= 4 is 0 Å². The van der Waals surface area contributed by atoms with Crippen LogP contribution in [0.1, 0.15) is 50.5 Å². The van der Waals surface area contributed by atoms with Crippen molar-refractivity contribution in [2.45, 2.75) is 53.9 Å². The Balaban J connectivity index is 2.73. The lowest BCUT2D eigenvalue weighted by molar-refractivity contribution is 0.552. The lowest BCUT2D eigenvalue weighted by atomic mass is 10.0. The first-order valence-electron chi connectivity index (χ1n) is 7.14. The van der Waals surface area contributed by atoms with Gasteiger partial charge >= 0.3 is 0 Å². The molecular formula is C15H27N3. The van der Waals surface area contributed by atoms with Crippen LogP contribution in [0, 0.1) is 12.8 Å². The number of nitrogens with zero attached hydrogens (tertiary/aromatic N) is 2. The summed E-state index contributed by atoms with van der Waals surface area (Å²) in [5.41, 5.74) is 3.82. The van der Waals surface area contributed by atoms with E-state index in [1.807, 2.05) is 6.92 Å². The molecule has 0 bridgehead atoms. The zero-order valence-electron chi connectivity index (χ0n) is 12.5. The molecule has 1 rings (SSSR count). The number of hydrogen-bond acceptors (Lipinski definition) is 3. The summed E-state index contributed by atoms with van der Waals surface area (Å²) in [6.07, 6.45) is 3.03. The van der Waals surface area contributed by atoms with Crippen LogP contribution in [-0.2, 0) is 19.3 Å². The van der Waals surface area contributed by atoms with Crippen LogP contribution >= 0.6 is 0 Å². The molecule has 3 heteroatoms. The zero-order chi connectivity index (χ0) is 13.5. The predicted molar refractivity (Wildman–Crippen MR) is 76.9 cm³/mol. The number of rotatable bonds is 7. The van der Waals surface area contributed by atoms with E-state index in [0.717, 1.165) is 38.2 Å². The highest BCUT2D eigenvalue weighted by Crippen LogP contribution is 2.14. The first-order valence-corrected chi connectivity index (χ1v) is 7.14. The maximum Gasteiger partial charge on any atom is 0.125 e. The molecule has 0 saturated heterocycles. The quantitative estimate of drug-likeness (QED) is 0.755. The highest BCUT2D eigenvalue weighted by Gasteiger charge is 2.10. The van der Waals surface area contributed by atoms with Gasteiger partial charge in [0.25, 0.3) is 0 Å². The smallest absolute Gasteiger partial charge is 0.125 e. The summed E-state index contributed by atoms with van der Waals surface area (Å²) < 4.78 is 0. The molecule has 0 spiro atoms. The van der Waals surface area contributed by atoms with E-state index >= 15 is 0 Å². The van der Waals surface area contributed by atoms with E-state index in [-0.39, 0.29) is 0 Å². The van der Waals surface area contributed by atoms with E-state index in [0.29, 0.717) is 5.92 Å². The van der Waals surface area contributed by atoms with Crippen LogP contribution in [0.25, 0.3) is 0 Å². The summed E-state index contributed by atoms with van der Waals surface area (Å²) in [6.45, 7) is 12.9. The average molecular weight is 249 g/mol. The Morgan fingerprint density at radius 3 is 2.06 bits per heavy atom. The van der Waals surface area contributed by atoms with Gasteiger partial charge in [0.2, 0.25) is 0 Å². The second kappa shape index (κ2) is 7.47. The second-order valence-corrected chi connectivity index (χ2v) is 5.20. The van der Waals surface area contributed by atoms with Crippen molar-refractivity contribution in [3.63, 3.8) is 0 Å². The van der Waals surface area contributed by atoms with Crippen molar-refractivity contribution in [3.05, 3.63) is 22.8 Å². The van der Waals surface area contributed by atoms with E-state index in [1.54, 1.807) is 0 Å². The molecule has 0 saturated carbocycles. The molecule has 0 radical (unpaired) electrons. The van der Waals surface area contributed by atoms with Crippen LogP contribution in [0.3, 0.4) is 0 Å². The third-order valence-electron chi connectivity index (χ3n) is 3.06. The summed E-state index contributed by atoms with van der Waals surface area (Å²) in [4.78, 5) is 9.15. The van der Waals surface area contributed by atoms with Crippen molar-refractivity contribution in [2.24, 2.45) is 5.92 Å². The molecule has 0 unspecified atom stereocenters. The van der Waals surface area contributed by atoms with Crippen LogP contribution in [0.15, 0.2) is 0 Å². The molecule has 0 aliphatic heterocycles. The van der Waals surface area contributed by atoms with Crippen molar-refractivity contribution < 1.29 is 0 Å². The number of aromatic nitrogens is 2. The van der Waals surface area contributed by atoms with E-state index < -0.39 is 0 Å². The third-order valence-corrected chi connectivity index (χ3v) is 3.06. The highest BCUT2D eigenvalue weighted by molar-refractivity contribution is 5.26. The Morgan fingerprint density at radius 2 is 1.61 bits per heavy atom. The molecule has 0 aliphatic carbocycles. The molecule has 1 aromatic rings. The Kier molecular flexibility index (Phi) is 6.27. The van der Waals surface area contributed by atoms with Gasteiger partial charge in [-0.25, -0.2) is 9.97 Å². The van der Waals surface area contributed by atoms with Gasteiger partial charge in [-0.15, -0.1) is 0 Å². The normalized spacial score (nSPS) is 11.2. The molecule has 0 atom stereocenters. The standard InChI is InChI=1S/C15H27N3/c1-6-14-13(8-9-16-10-11(3)4)15(7-2)18-12(5)17-14/h11,16H,6-10H2,1-5H3. The van der Waals surface area contributed by atoms with Gasteiger partial charge in [-0.3, -0.25) is 0 Å². The third kappa shape index (κ3) is 4.37. The van der Waals surface area contributed by atoms with Gasteiger partial charge < -0.3 is 5.32 Å². The zero-order valence-corrected chi connectivity index (χ0v) is 12.5.